The maximum atomic E-state index is 12.8. The average molecular weight is 410 g/mol. The minimum atomic E-state index is -3.39. The van der Waals surface area contributed by atoms with Crippen molar-refractivity contribution in [3.63, 3.8) is 0 Å². The zero-order valence-electron chi connectivity index (χ0n) is 16.1. The van der Waals surface area contributed by atoms with Gasteiger partial charge in [-0.25, -0.2) is 4.72 Å². The van der Waals surface area contributed by atoms with Gasteiger partial charge in [-0.15, -0.1) is 12.4 Å². The van der Waals surface area contributed by atoms with Gasteiger partial charge >= 0.3 is 0 Å². The number of halogens is 1. The van der Waals surface area contributed by atoms with Crippen molar-refractivity contribution in [2.45, 2.75) is 57.8 Å². The van der Waals surface area contributed by atoms with Crippen LogP contribution in [0, 0.1) is 10.8 Å². The lowest BCUT2D eigenvalue weighted by Crippen LogP contribution is -2.52. The van der Waals surface area contributed by atoms with Crippen molar-refractivity contribution < 1.29 is 13.2 Å². The molecule has 1 spiro atoms. The second-order valence-corrected chi connectivity index (χ2v) is 10.2. The van der Waals surface area contributed by atoms with Crippen molar-refractivity contribution in [3.8, 4) is 0 Å². The Balaban J connectivity index is 0.00000243. The Morgan fingerprint density at radius 2 is 1.62 bits per heavy atom. The number of piperidine rings is 2. The summed E-state index contributed by atoms with van der Waals surface area (Å²) in [6.45, 7) is 4.30. The molecule has 3 rings (SSSR count). The summed E-state index contributed by atoms with van der Waals surface area (Å²) >= 11 is 0. The highest BCUT2D eigenvalue weighted by molar-refractivity contribution is 7.87. The van der Waals surface area contributed by atoms with E-state index in [1.807, 2.05) is 0 Å². The van der Waals surface area contributed by atoms with E-state index in [9.17, 15) is 8.42 Å². The molecule has 3 fully saturated rings. The van der Waals surface area contributed by atoms with E-state index in [4.69, 9.17) is 4.74 Å². The van der Waals surface area contributed by atoms with Crippen LogP contribution >= 0.6 is 12.4 Å². The molecule has 0 aromatic rings. The molecule has 154 valence electrons. The van der Waals surface area contributed by atoms with Crippen LogP contribution in [-0.2, 0) is 14.9 Å². The third kappa shape index (κ3) is 5.32. The Labute approximate surface area is 165 Å². The van der Waals surface area contributed by atoms with Crippen molar-refractivity contribution in [1.29, 1.82) is 0 Å². The molecule has 2 heterocycles. The SMILES string of the molecule is COCC1(CNS(=O)(=O)N2CCC3(CCCCC3)CC2)CCNCC1.Cl. The van der Waals surface area contributed by atoms with Crippen LogP contribution < -0.4 is 10.0 Å². The standard InChI is InChI=1S/C18H35N3O3S.ClH/c1-24-16-18(7-11-19-12-8-18)15-20-25(22,23)21-13-9-17(10-14-21)5-3-2-4-6-17;/h19-20H,2-16H2,1H3;1H. The number of hydrogen-bond acceptors (Lipinski definition) is 4. The fourth-order valence-corrected chi connectivity index (χ4v) is 6.31. The van der Waals surface area contributed by atoms with E-state index in [0.29, 0.717) is 31.7 Å². The highest BCUT2D eigenvalue weighted by Crippen LogP contribution is 2.44. The van der Waals surface area contributed by atoms with Crippen molar-refractivity contribution in [2.75, 3.05) is 46.4 Å². The van der Waals surface area contributed by atoms with Crippen LogP contribution in [0.2, 0.25) is 0 Å². The smallest absolute Gasteiger partial charge is 0.279 e. The molecule has 0 amide bonds. The van der Waals surface area contributed by atoms with E-state index in [0.717, 1.165) is 38.8 Å². The average Bonchev–Trinajstić information content (AvgIpc) is 2.62. The second kappa shape index (κ2) is 9.52. The molecule has 0 atom stereocenters. The van der Waals surface area contributed by atoms with Gasteiger partial charge in [0.2, 0.25) is 0 Å². The van der Waals surface area contributed by atoms with E-state index < -0.39 is 10.2 Å². The molecule has 0 aromatic heterocycles. The van der Waals surface area contributed by atoms with E-state index in [2.05, 4.69) is 10.0 Å². The monoisotopic (exact) mass is 409 g/mol. The molecule has 0 bridgehead atoms. The van der Waals surface area contributed by atoms with Crippen LogP contribution in [-0.4, -0.2) is 59.2 Å². The lowest BCUT2D eigenvalue weighted by molar-refractivity contribution is 0.0569. The van der Waals surface area contributed by atoms with Gasteiger partial charge in [0.25, 0.3) is 10.2 Å². The summed E-state index contributed by atoms with van der Waals surface area (Å²) in [7, 11) is -1.69. The quantitative estimate of drug-likeness (QED) is 0.706. The summed E-state index contributed by atoms with van der Waals surface area (Å²) in [4.78, 5) is 0. The molecule has 6 nitrogen and oxygen atoms in total. The lowest BCUT2D eigenvalue weighted by Gasteiger charge is -2.44. The first kappa shape index (κ1) is 22.4. The third-order valence-electron chi connectivity index (χ3n) is 6.78. The van der Waals surface area contributed by atoms with Gasteiger partial charge in [0, 0.05) is 32.2 Å². The predicted octanol–water partition coefficient (Wildman–Crippen LogP) is 2.31. The van der Waals surface area contributed by atoms with Gasteiger partial charge in [0.05, 0.1) is 6.61 Å². The van der Waals surface area contributed by atoms with Crippen LogP contribution in [0.15, 0.2) is 0 Å². The second-order valence-electron chi connectivity index (χ2n) is 8.47. The van der Waals surface area contributed by atoms with Gasteiger partial charge in [-0.3, -0.25) is 0 Å². The van der Waals surface area contributed by atoms with Gasteiger partial charge in [0.15, 0.2) is 0 Å². The third-order valence-corrected chi connectivity index (χ3v) is 8.34. The zero-order valence-corrected chi connectivity index (χ0v) is 17.7. The molecule has 26 heavy (non-hydrogen) atoms. The normalized spacial score (nSPS) is 26.3. The Kier molecular flexibility index (Phi) is 8.19. The first-order chi connectivity index (χ1) is 12.0. The Morgan fingerprint density at radius 3 is 2.19 bits per heavy atom. The molecule has 0 unspecified atom stereocenters. The first-order valence-corrected chi connectivity index (χ1v) is 11.4. The summed E-state index contributed by atoms with van der Waals surface area (Å²) in [6.07, 6.45) is 10.5. The molecule has 2 aliphatic heterocycles. The highest BCUT2D eigenvalue weighted by Gasteiger charge is 2.40. The number of nitrogens with one attached hydrogen (secondary N) is 2. The molecule has 0 radical (unpaired) electrons. The minimum absolute atomic E-state index is 0. The highest BCUT2D eigenvalue weighted by atomic mass is 35.5. The van der Waals surface area contributed by atoms with Gasteiger partial charge in [0.1, 0.15) is 0 Å². The molecule has 8 heteroatoms. The molecule has 0 aromatic carbocycles. The number of methoxy groups -OCH3 is 1. The molecule has 2 N–H and O–H groups in total. The fraction of sp³-hybridized carbons (Fsp3) is 1.00. The predicted molar refractivity (Wildman–Crippen MR) is 107 cm³/mol. The van der Waals surface area contributed by atoms with Crippen LogP contribution in [0.1, 0.15) is 57.8 Å². The Morgan fingerprint density at radius 1 is 1.00 bits per heavy atom. The van der Waals surface area contributed by atoms with E-state index in [-0.39, 0.29) is 17.8 Å². The van der Waals surface area contributed by atoms with E-state index >= 15 is 0 Å². The first-order valence-electron chi connectivity index (χ1n) is 9.94. The van der Waals surface area contributed by atoms with Crippen molar-refractivity contribution in [2.24, 2.45) is 10.8 Å². The van der Waals surface area contributed by atoms with Gasteiger partial charge < -0.3 is 10.1 Å². The molecule has 1 saturated carbocycles. The van der Waals surface area contributed by atoms with Gasteiger partial charge in [-0.1, -0.05) is 19.3 Å². The molecule has 1 aliphatic carbocycles. The van der Waals surface area contributed by atoms with Crippen LogP contribution in [0.5, 0.6) is 0 Å². The number of rotatable bonds is 6. The van der Waals surface area contributed by atoms with Gasteiger partial charge in [-0.05, 0) is 57.0 Å². The van der Waals surface area contributed by atoms with Crippen LogP contribution in [0.3, 0.4) is 0 Å². The van der Waals surface area contributed by atoms with E-state index in [1.165, 1.54) is 32.1 Å². The van der Waals surface area contributed by atoms with Crippen molar-refractivity contribution >= 4 is 22.6 Å². The molecule has 3 aliphatic rings. The summed E-state index contributed by atoms with van der Waals surface area (Å²) in [5.74, 6) is 0. The summed E-state index contributed by atoms with van der Waals surface area (Å²) in [5, 5.41) is 3.35. The number of ether oxygens (including phenoxy) is 1. The topological polar surface area (TPSA) is 70.7 Å². The fourth-order valence-electron chi connectivity index (χ4n) is 4.97. The van der Waals surface area contributed by atoms with Gasteiger partial charge in [-0.2, -0.15) is 12.7 Å². The van der Waals surface area contributed by atoms with E-state index in [1.54, 1.807) is 11.4 Å². The molecular formula is C18H36ClN3O3S. The summed E-state index contributed by atoms with van der Waals surface area (Å²) in [6, 6.07) is 0. The number of nitrogens with zero attached hydrogens (tertiary/aromatic N) is 1. The maximum Gasteiger partial charge on any atom is 0.279 e. The van der Waals surface area contributed by atoms with Crippen molar-refractivity contribution in [3.05, 3.63) is 0 Å². The maximum absolute atomic E-state index is 12.8. The number of hydrogen-bond donors (Lipinski definition) is 2. The Hall–Kier alpha value is 0.0800. The molecule has 2 saturated heterocycles. The largest absolute Gasteiger partial charge is 0.384 e. The molecular weight excluding hydrogens is 374 g/mol. The van der Waals surface area contributed by atoms with Crippen LogP contribution in [0.4, 0.5) is 0 Å². The minimum Gasteiger partial charge on any atom is -0.384 e. The lowest BCUT2D eigenvalue weighted by atomic mass is 9.68. The summed E-state index contributed by atoms with van der Waals surface area (Å²) in [5.41, 5.74) is 0.351. The zero-order chi connectivity index (χ0) is 17.8. The summed E-state index contributed by atoms with van der Waals surface area (Å²) < 4.78 is 35.6. The van der Waals surface area contributed by atoms with Crippen LogP contribution in [0.25, 0.3) is 0 Å². The Bertz CT molecular complexity index is 516. The van der Waals surface area contributed by atoms with Crippen molar-refractivity contribution in [1.82, 2.24) is 14.3 Å².